The minimum Gasteiger partial charge on any atom is -0.388 e. The maximum Gasteiger partial charge on any atom is 0.240 e. The number of rotatable bonds is 5. The number of aromatic nitrogens is 1. The van der Waals surface area contributed by atoms with Crippen molar-refractivity contribution < 1.29 is 14.6 Å². The fraction of sp³-hybridized carbons (Fsp3) is 0.643. The zero-order chi connectivity index (χ0) is 13.7. The van der Waals surface area contributed by atoms with Crippen LogP contribution in [0.3, 0.4) is 0 Å². The molecule has 1 amide bonds. The Morgan fingerprint density at radius 1 is 1.58 bits per heavy atom. The van der Waals surface area contributed by atoms with Gasteiger partial charge in [-0.15, -0.1) is 0 Å². The van der Waals surface area contributed by atoms with Gasteiger partial charge in [-0.25, -0.2) is 0 Å². The number of hydrogen-bond acceptors (Lipinski definition) is 3. The maximum atomic E-state index is 11.9. The molecule has 1 aliphatic heterocycles. The zero-order valence-electron chi connectivity index (χ0n) is 11.3. The smallest absolute Gasteiger partial charge is 0.240 e. The van der Waals surface area contributed by atoms with E-state index in [1.165, 1.54) is 0 Å². The van der Waals surface area contributed by atoms with Crippen molar-refractivity contribution in [2.24, 2.45) is 0 Å². The van der Waals surface area contributed by atoms with Crippen LogP contribution in [0.25, 0.3) is 0 Å². The maximum absolute atomic E-state index is 11.9. The molecule has 5 nitrogen and oxygen atoms in total. The van der Waals surface area contributed by atoms with E-state index in [1.807, 2.05) is 30.0 Å². The highest BCUT2D eigenvalue weighted by Crippen LogP contribution is 2.16. The Hall–Kier alpha value is -1.33. The Bertz CT molecular complexity index is 411. The quantitative estimate of drug-likeness (QED) is 0.842. The number of carbonyl (C=O) groups excluding carboxylic acids is 1. The van der Waals surface area contributed by atoms with Gasteiger partial charge in [-0.3, -0.25) is 4.79 Å². The molecule has 1 fully saturated rings. The van der Waals surface area contributed by atoms with E-state index < -0.39 is 6.10 Å². The highest BCUT2D eigenvalue weighted by atomic mass is 16.5. The summed E-state index contributed by atoms with van der Waals surface area (Å²) in [6.07, 6.45) is 5.67. The van der Waals surface area contributed by atoms with Crippen molar-refractivity contribution in [1.29, 1.82) is 0 Å². The average molecular weight is 266 g/mol. The number of amides is 1. The molecule has 1 saturated heterocycles. The molecule has 0 saturated carbocycles. The second-order valence-corrected chi connectivity index (χ2v) is 5.00. The lowest BCUT2D eigenvalue weighted by molar-refractivity contribution is -0.122. The van der Waals surface area contributed by atoms with E-state index in [0.717, 1.165) is 31.6 Å². The number of ether oxygens (including phenoxy) is 1. The van der Waals surface area contributed by atoms with Gasteiger partial charge in [-0.05, 0) is 30.9 Å². The van der Waals surface area contributed by atoms with E-state index in [-0.39, 0.29) is 11.9 Å². The van der Waals surface area contributed by atoms with E-state index in [9.17, 15) is 9.90 Å². The van der Waals surface area contributed by atoms with Gasteiger partial charge in [-0.2, -0.15) is 0 Å². The fourth-order valence-corrected chi connectivity index (χ4v) is 2.27. The second kappa shape index (κ2) is 6.73. The molecule has 0 spiro atoms. The monoisotopic (exact) mass is 266 g/mol. The van der Waals surface area contributed by atoms with Gasteiger partial charge < -0.3 is 19.7 Å². The molecule has 19 heavy (non-hydrogen) atoms. The Morgan fingerprint density at radius 2 is 2.32 bits per heavy atom. The molecule has 2 N–H and O–H groups in total. The molecule has 1 aliphatic rings. The zero-order valence-corrected chi connectivity index (χ0v) is 11.3. The van der Waals surface area contributed by atoms with Crippen LogP contribution in [-0.4, -0.2) is 34.8 Å². The Balaban J connectivity index is 1.82. The summed E-state index contributed by atoms with van der Waals surface area (Å²) in [5.74, 6) is 0.0139. The number of nitrogens with zero attached hydrogens (tertiary/aromatic N) is 1. The Morgan fingerprint density at radius 3 is 3.00 bits per heavy atom. The molecule has 2 rings (SSSR count). The Kier molecular flexibility index (Phi) is 4.99. The van der Waals surface area contributed by atoms with Crippen LogP contribution in [0.1, 0.15) is 37.9 Å². The van der Waals surface area contributed by atoms with Crippen LogP contribution in [0.4, 0.5) is 0 Å². The predicted octanol–water partition coefficient (Wildman–Crippen LogP) is 1.23. The van der Waals surface area contributed by atoms with Gasteiger partial charge >= 0.3 is 0 Å². The molecule has 1 unspecified atom stereocenters. The molecule has 0 aliphatic carbocycles. The number of nitrogens with one attached hydrogen (secondary N) is 1. The summed E-state index contributed by atoms with van der Waals surface area (Å²) in [7, 11) is 0. The molecular formula is C14H22N2O3. The summed E-state index contributed by atoms with van der Waals surface area (Å²) in [4.78, 5) is 11.9. The molecule has 0 bridgehead atoms. The van der Waals surface area contributed by atoms with E-state index in [4.69, 9.17) is 4.74 Å². The largest absolute Gasteiger partial charge is 0.388 e. The summed E-state index contributed by atoms with van der Waals surface area (Å²) in [6.45, 7) is 3.68. The van der Waals surface area contributed by atoms with Crippen molar-refractivity contribution in [1.82, 2.24) is 9.88 Å². The third kappa shape index (κ3) is 4.08. The van der Waals surface area contributed by atoms with Crippen LogP contribution in [0, 0.1) is 0 Å². The highest BCUT2D eigenvalue weighted by Gasteiger charge is 2.16. The van der Waals surface area contributed by atoms with Crippen molar-refractivity contribution in [2.75, 3.05) is 13.2 Å². The number of aliphatic hydroxyl groups excluding tert-OH is 1. The van der Waals surface area contributed by atoms with Crippen LogP contribution in [0.15, 0.2) is 18.5 Å². The molecule has 5 heteroatoms. The van der Waals surface area contributed by atoms with E-state index in [2.05, 4.69) is 5.32 Å². The number of hydrogen-bond donors (Lipinski definition) is 2. The lowest BCUT2D eigenvalue weighted by atomic mass is 10.1. The lowest BCUT2D eigenvalue weighted by Crippen LogP contribution is -2.40. The van der Waals surface area contributed by atoms with E-state index in [0.29, 0.717) is 13.0 Å². The first-order chi connectivity index (χ1) is 9.19. The third-order valence-corrected chi connectivity index (χ3v) is 3.46. The molecule has 1 aromatic heterocycles. The van der Waals surface area contributed by atoms with Gasteiger partial charge in [0.15, 0.2) is 0 Å². The molecule has 1 atom stereocenters. The molecule has 0 aromatic carbocycles. The third-order valence-electron chi connectivity index (χ3n) is 3.46. The highest BCUT2D eigenvalue weighted by molar-refractivity contribution is 5.76. The van der Waals surface area contributed by atoms with Crippen molar-refractivity contribution in [3.8, 4) is 0 Å². The second-order valence-electron chi connectivity index (χ2n) is 5.00. The Labute approximate surface area is 113 Å². The molecular weight excluding hydrogens is 244 g/mol. The normalized spacial score (nSPS) is 18.2. The summed E-state index contributed by atoms with van der Waals surface area (Å²) >= 11 is 0. The van der Waals surface area contributed by atoms with Crippen molar-refractivity contribution in [3.05, 3.63) is 24.0 Å². The van der Waals surface area contributed by atoms with Crippen LogP contribution in [0.5, 0.6) is 0 Å². The number of carbonyl (C=O) groups is 1. The SMILES string of the molecule is CCC(O)c1ccn(CC(=O)NC2CCOCC2)c1. The van der Waals surface area contributed by atoms with Gasteiger partial charge in [0, 0.05) is 31.6 Å². The van der Waals surface area contributed by atoms with Crippen molar-refractivity contribution >= 4 is 5.91 Å². The topological polar surface area (TPSA) is 63.5 Å². The first-order valence-electron chi connectivity index (χ1n) is 6.90. The summed E-state index contributed by atoms with van der Waals surface area (Å²) in [5.41, 5.74) is 0.862. The standard InChI is InChI=1S/C14H22N2O3/c1-2-13(17)11-3-6-16(9-11)10-14(18)15-12-4-7-19-8-5-12/h3,6,9,12-13,17H,2,4-5,7-8,10H2,1H3,(H,15,18). The minimum atomic E-state index is -0.445. The van der Waals surface area contributed by atoms with Gasteiger partial charge in [-0.1, -0.05) is 6.92 Å². The molecule has 106 valence electrons. The molecule has 1 aromatic rings. The van der Waals surface area contributed by atoms with Gasteiger partial charge in [0.05, 0.1) is 6.10 Å². The number of aliphatic hydroxyl groups is 1. The fourth-order valence-electron chi connectivity index (χ4n) is 2.27. The van der Waals surface area contributed by atoms with Gasteiger partial charge in [0.25, 0.3) is 0 Å². The van der Waals surface area contributed by atoms with Gasteiger partial charge in [0.1, 0.15) is 6.54 Å². The van der Waals surface area contributed by atoms with Crippen LogP contribution in [0.2, 0.25) is 0 Å². The van der Waals surface area contributed by atoms with Crippen LogP contribution >= 0.6 is 0 Å². The van der Waals surface area contributed by atoms with Gasteiger partial charge in [0.2, 0.25) is 5.91 Å². The summed E-state index contributed by atoms with van der Waals surface area (Å²) in [6, 6.07) is 2.09. The molecule has 2 heterocycles. The predicted molar refractivity (Wildman–Crippen MR) is 71.7 cm³/mol. The molecule has 0 radical (unpaired) electrons. The first kappa shape index (κ1) is 14.1. The van der Waals surface area contributed by atoms with Crippen molar-refractivity contribution in [3.63, 3.8) is 0 Å². The van der Waals surface area contributed by atoms with Crippen molar-refractivity contribution in [2.45, 2.75) is 44.9 Å². The average Bonchev–Trinajstić information content (AvgIpc) is 2.87. The minimum absolute atomic E-state index is 0.0139. The van der Waals surface area contributed by atoms with Crippen LogP contribution in [-0.2, 0) is 16.1 Å². The van der Waals surface area contributed by atoms with E-state index in [1.54, 1.807) is 0 Å². The first-order valence-corrected chi connectivity index (χ1v) is 6.90. The summed E-state index contributed by atoms with van der Waals surface area (Å²) in [5, 5.41) is 12.7. The van der Waals surface area contributed by atoms with Crippen LogP contribution < -0.4 is 5.32 Å². The summed E-state index contributed by atoms with van der Waals surface area (Å²) < 4.78 is 7.07. The van der Waals surface area contributed by atoms with E-state index >= 15 is 0 Å². The lowest BCUT2D eigenvalue weighted by Gasteiger charge is -2.23.